The van der Waals surface area contributed by atoms with Crippen LogP contribution in [0.25, 0.3) is 5.57 Å². The van der Waals surface area contributed by atoms with Crippen molar-refractivity contribution in [3.05, 3.63) is 186 Å². The molecule has 0 radical (unpaired) electrons. The molecule has 1 aliphatic carbocycles. The van der Waals surface area contributed by atoms with Crippen LogP contribution in [-0.2, 0) is 10.4 Å². The molecular formula is C38H32N3O4S-. The molecule has 0 heterocycles. The Balaban J connectivity index is 0.000000775. The van der Waals surface area contributed by atoms with Crippen LogP contribution in [0.3, 0.4) is 0 Å². The minimum atomic E-state index is -5.17. The largest absolute Gasteiger partial charge is 0.759 e. The lowest BCUT2D eigenvalue weighted by Crippen LogP contribution is -2.07. The highest BCUT2D eigenvalue weighted by Crippen LogP contribution is 2.33. The molecule has 0 bridgehead atoms. The van der Waals surface area contributed by atoms with Crippen LogP contribution in [0.2, 0.25) is 0 Å². The average Bonchev–Trinajstić information content (AvgIpc) is 3.04. The lowest BCUT2D eigenvalue weighted by molar-refractivity contribution is 0.352. The summed E-state index contributed by atoms with van der Waals surface area (Å²) in [6, 6.07) is 47.3. The molecule has 0 saturated heterocycles. The summed E-state index contributed by atoms with van der Waals surface area (Å²) in [7, 11) is -5.17. The molecule has 6 rings (SSSR count). The van der Waals surface area contributed by atoms with Gasteiger partial charge < -0.3 is 25.1 Å². The highest BCUT2D eigenvalue weighted by atomic mass is 32.3. The molecule has 0 spiro atoms. The Labute approximate surface area is 270 Å². The lowest BCUT2D eigenvalue weighted by atomic mass is 9.90. The smallest absolute Gasteiger partial charge is 0.142 e. The third kappa shape index (κ3) is 9.73. The van der Waals surface area contributed by atoms with Gasteiger partial charge in [0.05, 0.1) is 23.4 Å². The van der Waals surface area contributed by atoms with E-state index in [1.54, 1.807) is 0 Å². The minimum absolute atomic E-state index is 1.06. The Bertz CT molecular complexity index is 1910. The zero-order valence-corrected chi connectivity index (χ0v) is 25.9. The predicted octanol–water partition coefficient (Wildman–Crippen LogP) is 8.72. The van der Waals surface area contributed by atoms with Crippen LogP contribution in [0.1, 0.15) is 16.7 Å². The van der Waals surface area contributed by atoms with E-state index in [4.69, 9.17) is 17.5 Å². The average molecular weight is 627 g/mol. The molecule has 5 aromatic rings. The molecule has 0 amide bonds. The van der Waals surface area contributed by atoms with Crippen molar-refractivity contribution < 1.29 is 17.5 Å². The second kappa shape index (κ2) is 15.0. The number of anilines is 5. The van der Waals surface area contributed by atoms with Crippen LogP contribution in [0.5, 0.6) is 0 Å². The van der Waals surface area contributed by atoms with E-state index in [1.807, 2.05) is 36.4 Å². The summed E-state index contributed by atoms with van der Waals surface area (Å²) < 4.78 is 34.1. The first kappa shape index (κ1) is 31.9. The maximum atomic E-state index is 8.52. The minimum Gasteiger partial charge on any atom is -0.759 e. The molecule has 1 aliphatic rings. The first-order valence-corrected chi connectivity index (χ1v) is 15.9. The monoisotopic (exact) mass is 626 g/mol. The van der Waals surface area contributed by atoms with Crippen LogP contribution < -0.4 is 16.0 Å². The first-order chi connectivity index (χ1) is 22.2. The van der Waals surface area contributed by atoms with E-state index >= 15 is 0 Å². The van der Waals surface area contributed by atoms with E-state index in [1.165, 1.54) is 11.1 Å². The van der Waals surface area contributed by atoms with E-state index < -0.39 is 10.4 Å². The fraction of sp³-hybridized carbons (Fsp3) is 0.0263. The molecule has 0 fully saturated rings. The Morgan fingerprint density at radius 2 is 1.00 bits per heavy atom. The summed E-state index contributed by atoms with van der Waals surface area (Å²) in [4.78, 5) is 0. The maximum Gasteiger partial charge on any atom is 0.142 e. The third-order valence-electron chi connectivity index (χ3n) is 6.95. The fourth-order valence-electron chi connectivity index (χ4n) is 4.93. The number of benzene rings is 5. The molecule has 0 unspecified atom stereocenters. The van der Waals surface area contributed by atoms with Gasteiger partial charge in [-0.05, 0) is 84.3 Å². The van der Waals surface area contributed by atoms with E-state index in [-0.39, 0.29) is 0 Å². The summed E-state index contributed by atoms with van der Waals surface area (Å²) in [6.07, 6.45) is 8.66. The van der Waals surface area contributed by atoms with Gasteiger partial charge in [-0.3, -0.25) is 8.42 Å². The van der Waals surface area contributed by atoms with Gasteiger partial charge in [-0.1, -0.05) is 72.8 Å². The van der Waals surface area contributed by atoms with Crippen molar-refractivity contribution in [1.82, 2.24) is 0 Å². The highest BCUT2D eigenvalue weighted by molar-refractivity contribution is 7.79. The fourth-order valence-corrected chi connectivity index (χ4v) is 4.93. The number of nitrogens with one attached hydrogen (secondary N) is 3. The molecule has 5 aromatic carbocycles. The van der Waals surface area contributed by atoms with Crippen molar-refractivity contribution in [1.29, 1.82) is 0 Å². The van der Waals surface area contributed by atoms with Gasteiger partial charge in [-0.15, -0.1) is 0 Å². The number of hydrogen-bond donors (Lipinski definition) is 3. The Kier molecular flexibility index (Phi) is 10.4. The van der Waals surface area contributed by atoms with Crippen LogP contribution in [0.4, 0.5) is 28.4 Å². The van der Waals surface area contributed by atoms with Gasteiger partial charge in [-0.25, -0.2) is 0 Å². The number of hydrogen-bond acceptors (Lipinski definition) is 7. The van der Waals surface area contributed by atoms with Crippen LogP contribution in [0.15, 0.2) is 163 Å². The van der Waals surface area contributed by atoms with Gasteiger partial charge in [0.15, 0.2) is 0 Å². The standard InChI is InChI=1S/C38H32N3.H2O4S/c1-28-9-8-14-37(27-28)41-36-25-19-31(20-26-36)38(29-15-21-34(22-16-29)39-32-10-4-2-5-11-32)30-17-23-35(24-18-30)40-33-12-6-3-7-13-33;1-5(2,3)4/h2-27,39-41H,1H3;(H2,1,2,3,4)/q+1;/p-2. The lowest BCUT2D eigenvalue weighted by Gasteiger charge is -2.15. The zero-order chi connectivity index (χ0) is 32.4. The quantitative estimate of drug-likeness (QED) is 0.0896. The van der Waals surface area contributed by atoms with Gasteiger partial charge in [0.1, 0.15) is 6.04 Å². The molecule has 0 saturated carbocycles. The molecule has 0 aromatic heterocycles. The molecular weight excluding hydrogens is 595 g/mol. The van der Waals surface area contributed by atoms with Crippen molar-refractivity contribution in [3.8, 4) is 0 Å². The molecule has 0 atom stereocenters. The molecule has 230 valence electrons. The van der Waals surface area contributed by atoms with Gasteiger partial charge in [-0.2, -0.15) is 0 Å². The van der Waals surface area contributed by atoms with Crippen LogP contribution in [0, 0.1) is 13.0 Å². The predicted molar refractivity (Wildman–Crippen MR) is 185 cm³/mol. The Hall–Kier alpha value is -5.54. The SMILES string of the molecule is Cc1cccc(Nc2ccc(C(=C3C=C[C+](Nc4ccccc4)C=C3)c3ccc(Nc4ccccc4)cc3)cc2)c1.O=S(=O)([O-])[O-]. The zero-order valence-electron chi connectivity index (χ0n) is 25.1. The van der Waals surface area contributed by atoms with Crippen molar-refractivity contribution in [2.75, 3.05) is 16.0 Å². The Morgan fingerprint density at radius 3 is 1.50 bits per heavy atom. The van der Waals surface area contributed by atoms with E-state index in [0.717, 1.165) is 51.2 Å². The first-order valence-electron chi connectivity index (χ1n) is 14.5. The number of para-hydroxylation sites is 2. The van der Waals surface area contributed by atoms with Crippen LogP contribution >= 0.6 is 0 Å². The van der Waals surface area contributed by atoms with E-state index in [9.17, 15) is 0 Å². The molecule has 3 N–H and O–H groups in total. The number of rotatable bonds is 8. The van der Waals surface area contributed by atoms with E-state index in [0.29, 0.717) is 0 Å². The summed E-state index contributed by atoms with van der Waals surface area (Å²) in [5.41, 5.74) is 11.2. The van der Waals surface area contributed by atoms with Crippen molar-refractivity contribution >= 4 is 44.4 Å². The molecule has 8 heteroatoms. The Morgan fingerprint density at radius 1 is 0.565 bits per heavy atom. The molecule has 7 nitrogen and oxygen atoms in total. The van der Waals surface area contributed by atoms with Crippen molar-refractivity contribution in [2.45, 2.75) is 6.92 Å². The second-order valence-electron chi connectivity index (χ2n) is 10.5. The topological polar surface area (TPSA) is 116 Å². The van der Waals surface area contributed by atoms with Gasteiger partial charge >= 0.3 is 0 Å². The third-order valence-corrected chi connectivity index (χ3v) is 6.95. The van der Waals surface area contributed by atoms with Gasteiger partial charge in [0.25, 0.3) is 0 Å². The number of allylic oxidation sites excluding steroid dienone is 3. The van der Waals surface area contributed by atoms with Crippen LogP contribution in [-0.4, -0.2) is 17.5 Å². The highest BCUT2D eigenvalue weighted by Gasteiger charge is 2.19. The summed E-state index contributed by atoms with van der Waals surface area (Å²) in [5, 5.41) is 10.5. The molecule has 46 heavy (non-hydrogen) atoms. The normalized spacial score (nSPS) is 12.2. The van der Waals surface area contributed by atoms with Crippen molar-refractivity contribution in [3.63, 3.8) is 0 Å². The second-order valence-corrected chi connectivity index (χ2v) is 11.3. The summed E-state index contributed by atoms with van der Waals surface area (Å²) in [5.74, 6) is 0. The summed E-state index contributed by atoms with van der Waals surface area (Å²) >= 11 is 0. The number of aryl methyl sites for hydroxylation is 1. The molecule has 0 aliphatic heterocycles. The van der Waals surface area contributed by atoms with Crippen molar-refractivity contribution in [2.24, 2.45) is 0 Å². The maximum absolute atomic E-state index is 8.52. The summed E-state index contributed by atoms with van der Waals surface area (Å²) in [6.45, 7) is 2.11. The van der Waals surface area contributed by atoms with Gasteiger partial charge in [0.2, 0.25) is 0 Å². The van der Waals surface area contributed by atoms with E-state index in [2.05, 4.69) is 144 Å². The van der Waals surface area contributed by atoms with Gasteiger partial charge in [0, 0.05) is 50.9 Å².